The van der Waals surface area contributed by atoms with E-state index in [0.29, 0.717) is 18.8 Å². The van der Waals surface area contributed by atoms with Crippen LogP contribution in [0.15, 0.2) is 29.2 Å². The van der Waals surface area contributed by atoms with E-state index in [4.69, 9.17) is 14.6 Å². The first-order valence-corrected chi connectivity index (χ1v) is 8.53. The molecule has 0 amide bonds. The Morgan fingerprint density at radius 2 is 1.81 bits per heavy atom. The molecule has 2 aliphatic rings. The maximum atomic E-state index is 12.6. The van der Waals surface area contributed by atoms with Crippen molar-refractivity contribution in [2.75, 3.05) is 26.3 Å². The average Bonchev–Trinajstić information content (AvgIpc) is 2.83. The van der Waals surface area contributed by atoms with Gasteiger partial charge in [-0.3, -0.25) is 0 Å². The molecular formula is C14H19NO5S. The largest absolute Gasteiger partial charge is 0.491 e. The van der Waals surface area contributed by atoms with Crippen molar-refractivity contribution in [3.05, 3.63) is 24.3 Å². The number of rotatable bonds is 5. The first-order chi connectivity index (χ1) is 10.1. The average molecular weight is 313 g/mol. The van der Waals surface area contributed by atoms with Gasteiger partial charge in [0.25, 0.3) is 0 Å². The molecule has 6 nitrogen and oxygen atoms in total. The molecule has 1 aromatic rings. The molecule has 0 saturated carbocycles. The molecular weight excluding hydrogens is 294 g/mol. The van der Waals surface area contributed by atoms with E-state index in [0.717, 1.165) is 12.8 Å². The zero-order valence-electron chi connectivity index (χ0n) is 11.6. The highest BCUT2D eigenvalue weighted by molar-refractivity contribution is 7.89. The van der Waals surface area contributed by atoms with Gasteiger partial charge in [-0.2, -0.15) is 4.31 Å². The second-order valence-electron chi connectivity index (χ2n) is 5.32. The number of ether oxygens (including phenoxy) is 2. The fourth-order valence-corrected chi connectivity index (χ4v) is 4.30. The van der Waals surface area contributed by atoms with Crippen LogP contribution in [-0.4, -0.2) is 56.3 Å². The summed E-state index contributed by atoms with van der Waals surface area (Å²) >= 11 is 0. The Morgan fingerprint density at radius 1 is 1.19 bits per heavy atom. The van der Waals surface area contributed by atoms with Gasteiger partial charge in [0, 0.05) is 13.1 Å². The van der Waals surface area contributed by atoms with Crippen LogP contribution in [0.25, 0.3) is 0 Å². The van der Waals surface area contributed by atoms with E-state index in [1.165, 1.54) is 4.31 Å². The molecule has 2 aliphatic heterocycles. The fraction of sp³-hybridized carbons (Fsp3) is 0.571. The summed E-state index contributed by atoms with van der Waals surface area (Å²) in [5.41, 5.74) is 0. The molecule has 1 aromatic carbocycles. The molecule has 0 aliphatic carbocycles. The monoisotopic (exact) mass is 313 g/mol. The lowest BCUT2D eigenvalue weighted by molar-refractivity contribution is -0.0114. The van der Waals surface area contributed by atoms with E-state index in [9.17, 15) is 8.42 Å². The molecule has 7 heteroatoms. The van der Waals surface area contributed by atoms with Gasteiger partial charge in [0.2, 0.25) is 10.0 Å². The van der Waals surface area contributed by atoms with Crippen LogP contribution in [0.3, 0.4) is 0 Å². The van der Waals surface area contributed by atoms with Crippen molar-refractivity contribution in [1.82, 2.24) is 4.31 Å². The molecule has 116 valence electrons. The molecule has 2 atom stereocenters. The van der Waals surface area contributed by atoms with Gasteiger partial charge >= 0.3 is 0 Å². The first kappa shape index (κ1) is 14.8. The van der Waals surface area contributed by atoms with Crippen LogP contribution in [0.1, 0.15) is 12.8 Å². The Balaban J connectivity index is 1.75. The smallest absolute Gasteiger partial charge is 0.243 e. The van der Waals surface area contributed by atoms with Gasteiger partial charge in [-0.25, -0.2) is 8.42 Å². The highest BCUT2D eigenvalue weighted by Gasteiger charge is 2.39. The van der Waals surface area contributed by atoms with Crippen molar-refractivity contribution in [2.45, 2.75) is 29.9 Å². The molecule has 2 fully saturated rings. The van der Waals surface area contributed by atoms with Crippen LogP contribution in [0, 0.1) is 0 Å². The maximum Gasteiger partial charge on any atom is 0.243 e. The van der Waals surface area contributed by atoms with Gasteiger partial charge in [0.15, 0.2) is 0 Å². The normalized spacial score (nSPS) is 26.0. The van der Waals surface area contributed by atoms with Crippen molar-refractivity contribution >= 4 is 10.0 Å². The topological polar surface area (TPSA) is 76.1 Å². The van der Waals surface area contributed by atoms with E-state index in [-0.39, 0.29) is 30.3 Å². The zero-order chi connectivity index (χ0) is 14.9. The summed E-state index contributed by atoms with van der Waals surface area (Å²) < 4.78 is 37.7. The quantitative estimate of drug-likeness (QED) is 0.862. The number of morpholine rings is 1. The molecule has 21 heavy (non-hydrogen) atoms. The lowest BCUT2D eigenvalue weighted by Crippen LogP contribution is -2.45. The summed E-state index contributed by atoms with van der Waals surface area (Å²) in [7, 11) is -3.48. The molecule has 2 saturated heterocycles. The van der Waals surface area contributed by atoms with Gasteiger partial charge < -0.3 is 14.6 Å². The van der Waals surface area contributed by atoms with Crippen LogP contribution in [0.4, 0.5) is 0 Å². The number of hydrogen-bond donors (Lipinski definition) is 1. The fourth-order valence-electron chi connectivity index (χ4n) is 2.79. The number of aliphatic hydroxyl groups excluding tert-OH is 1. The number of sulfonamides is 1. The molecule has 2 bridgehead atoms. The third-order valence-electron chi connectivity index (χ3n) is 3.83. The molecule has 3 rings (SSSR count). The predicted molar refractivity (Wildman–Crippen MR) is 75.7 cm³/mol. The highest BCUT2D eigenvalue weighted by atomic mass is 32.2. The second kappa shape index (κ2) is 5.92. The number of benzene rings is 1. The minimum atomic E-state index is -3.48. The number of nitrogens with zero attached hydrogens (tertiary/aromatic N) is 1. The molecule has 0 aromatic heterocycles. The Morgan fingerprint density at radius 3 is 2.38 bits per heavy atom. The van der Waals surface area contributed by atoms with Crippen molar-refractivity contribution in [3.63, 3.8) is 0 Å². The van der Waals surface area contributed by atoms with E-state index in [2.05, 4.69) is 0 Å². The Hall–Kier alpha value is -1.15. The summed E-state index contributed by atoms with van der Waals surface area (Å²) in [6.45, 7) is 0.985. The SMILES string of the molecule is O=S(=O)(c1ccc(OCCO)cc1)N1CC2CCC(C1)O2. The third-order valence-corrected chi connectivity index (χ3v) is 5.68. The standard InChI is InChI=1S/C14H19NO5S/c16-7-8-19-11-3-5-14(6-4-11)21(17,18)15-9-12-1-2-13(10-15)20-12/h3-6,12-13,16H,1-2,7-10H2. The lowest BCUT2D eigenvalue weighted by atomic mass is 10.2. The van der Waals surface area contributed by atoms with E-state index >= 15 is 0 Å². The number of fused-ring (bicyclic) bond motifs is 2. The second-order valence-corrected chi connectivity index (χ2v) is 7.26. The van der Waals surface area contributed by atoms with Crippen molar-refractivity contribution in [2.24, 2.45) is 0 Å². The van der Waals surface area contributed by atoms with E-state index in [1.807, 2.05) is 0 Å². The van der Waals surface area contributed by atoms with Crippen LogP contribution < -0.4 is 4.74 Å². The Kier molecular flexibility index (Phi) is 4.17. The highest BCUT2D eigenvalue weighted by Crippen LogP contribution is 2.30. The predicted octanol–water partition coefficient (Wildman–Crippen LogP) is 0.610. The summed E-state index contributed by atoms with van der Waals surface area (Å²) in [6, 6.07) is 6.30. The van der Waals surface area contributed by atoms with Gasteiger partial charge in [0.1, 0.15) is 12.4 Å². The van der Waals surface area contributed by atoms with Crippen LogP contribution in [0.5, 0.6) is 5.75 Å². The van der Waals surface area contributed by atoms with Gasteiger partial charge in [-0.1, -0.05) is 0 Å². The lowest BCUT2D eigenvalue weighted by Gasteiger charge is -2.31. The molecule has 2 heterocycles. The number of hydrogen-bond acceptors (Lipinski definition) is 5. The Labute approximate surface area is 124 Å². The molecule has 1 N–H and O–H groups in total. The van der Waals surface area contributed by atoms with Gasteiger partial charge in [0.05, 0.1) is 23.7 Å². The first-order valence-electron chi connectivity index (χ1n) is 7.09. The minimum absolute atomic E-state index is 0.0330. The summed E-state index contributed by atoms with van der Waals surface area (Å²) in [5, 5.41) is 8.70. The number of aliphatic hydroxyl groups is 1. The van der Waals surface area contributed by atoms with Gasteiger partial charge in [-0.15, -0.1) is 0 Å². The summed E-state index contributed by atoms with van der Waals surface area (Å²) in [4.78, 5) is 0.264. The maximum absolute atomic E-state index is 12.6. The summed E-state index contributed by atoms with van der Waals surface area (Å²) in [5.74, 6) is 0.546. The van der Waals surface area contributed by atoms with Crippen molar-refractivity contribution in [3.8, 4) is 5.75 Å². The van der Waals surface area contributed by atoms with Crippen LogP contribution >= 0.6 is 0 Å². The minimum Gasteiger partial charge on any atom is -0.491 e. The Bertz CT molecular complexity index is 574. The molecule has 0 spiro atoms. The van der Waals surface area contributed by atoms with Gasteiger partial charge in [-0.05, 0) is 37.1 Å². The molecule has 0 radical (unpaired) electrons. The summed E-state index contributed by atoms with van der Waals surface area (Å²) in [6.07, 6.45) is 1.94. The molecule has 2 unspecified atom stereocenters. The van der Waals surface area contributed by atoms with Crippen LogP contribution in [0.2, 0.25) is 0 Å². The van der Waals surface area contributed by atoms with Crippen LogP contribution in [-0.2, 0) is 14.8 Å². The van der Waals surface area contributed by atoms with Crippen molar-refractivity contribution in [1.29, 1.82) is 0 Å². The zero-order valence-corrected chi connectivity index (χ0v) is 12.5. The van der Waals surface area contributed by atoms with E-state index < -0.39 is 10.0 Å². The third kappa shape index (κ3) is 3.06. The van der Waals surface area contributed by atoms with E-state index in [1.54, 1.807) is 24.3 Å². The van der Waals surface area contributed by atoms with Crippen molar-refractivity contribution < 1.29 is 23.0 Å².